The fraction of sp³-hybridized carbons (Fsp3) is 0.667. The van der Waals surface area contributed by atoms with Gasteiger partial charge in [0.25, 0.3) is 0 Å². The van der Waals surface area contributed by atoms with E-state index in [2.05, 4.69) is 10.3 Å². The molecule has 0 radical (unpaired) electrons. The Morgan fingerprint density at radius 1 is 1.64 bits per heavy atom. The van der Waals surface area contributed by atoms with Crippen LogP contribution in [0.3, 0.4) is 0 Å². The molecule has 0 unspecified atom stereocenters. The van der Waals surface area contributed by atoms with Crippen molar-refractivity contribution in [3.05, 3.63) is 11.9 Å². The van der Waals surface area contributed by atoms with Gasteiger partial charge in [-0.05, 0) is 0 Å². The van der Waals surface area contributed by atoms with Crippen molar-refractivity contribution in [3.8, 4) is 0 Å². The van der Waals surface area contributed by atoms with Gasteiger partial charge >= 0.3 is 0 Å². The number of carbonyl (C=O) groups excluding carboxylic acids is 1. The molecule has 0 bridgehead atoms. The molecule has 0 aliphatic rings. The summed E-state index contributed by atoms with van der Waals surface area (Å²) in [6.07, 6.45) is 2.04. The van der Waals surface area contributed by atoms with Gasteiger partial charge in [-0.1, -0.05) is 19.1 Å². The first-order valence-electron chi connectivity index (χ1n) is 4.54. The maximum atomic E-state index is 11.7. The van der Waals surface area contributed by atoms with Gasteiger partial charge in [-0.25, -0.2) is 0 Å². The van der Waals surface area contributed by atoms with E-state index in [-0.39, 0.29) is 5.78 Å². The molecule has 0 aromatic carbocycles. The first kappa shape index (κ1) is 10.8. The summed E-state index contributed by atoms with van der Waals surface area (Å²) in [4.78, 5) is 11.7. The predicted molar refractivity (Wildman–Crippen MR) is 52.5 cm³/mol. The van der Waals surface area contributed by atoms with Gasteiger partial charge in [0.1, 0.15) is 5.78 Å². The van der Waals surface area contributed by atoms with E-state index in [1.165, 1.54) is 0 Å². The van der Waals surface area contributed by atoms with E-state index in [4.69, 9.17) is 5.73 Å². The van der Waals surface area contributed by atoms with Crippen LogP contribution in [0.4, 0.5) is 0 Å². The van der Waals surface area contributed by atoms with Crippen molar-refractivity contribution in [1.82, 2.24) is 15.0 Å². The molecule has 14 heavy (non-hydrogen) atoms. The van der Waals surface area contributed by atoms with Crippen molar-refractivity contribution < 1.29 is 4.79 Å². The number of aryl methyl sites for hydroxylation is 1. The summed E-state index contributed by atoms with van der Waals surface area (Å²) in [6.45, 7) is 4.03. The van der Waals surface area contributed by atoms with E-state index in [0.717, 1.165) is 0 Å². The molecule has 2 N–H and O–H groups in total. The summed E-state index contributed by atoms with van der Waals surface area (Å²) in [5, 5.41) is 7.62. The van der Waals surface area contributed by atoms with Crippen molar-refractivity contribution in [3.63, 3.8) is 0 Å². The number of aromatic nitrogens is 3. The highest BCUT2D eigenvalue weighted by molar-refractivity contribution is 5.85. The number of hydrogen-bond donors (Lipinski definition) is 1. The first-order chi connectivity index (χ1) is 6.45. The topological polar surface area (TPSA) is 73.8 Å². The Balaban J connectivity index is 2.66. The Bertz CT molecular complexity index is 329. The highest BCUT2D eigenvalue weighted by Crippen LogP contribution is 2.16. The second-order valence-corrected chi connectivity index (χ2v) is 4.07. The second kappa shape index (κ2) is 3.88. The van der Waals surface area contributed by atoms with E-state index in [0.29, 0.717) is 18.7 Å². The van der Waals surface area contributed by atoms with Crippen LogP contribution >= 0.6 is 0 Å². The van der Waals surface area contributed by atoms with Crippen LogP contribution in [-0.2, 0) is 18.3 Å². The van der Waals surface area contributed by atoms with Gasteiger partial charge in [0.05, 0.1) is 12.1 Å². The van der Waals surface area contributed by atoms with Gasteiger partial charge in [-0.3, -0.25) is 9.48 Å². The van der Waals surface area contributed by atoms with Crippen LogP contribution in [0.15, 0.2) is 6.20 Å². The predicted octanol–water partition coefficient (Wildman–Crippen LogP) is -0.0884. The van der Waals surface area contributed by atoms with E-state index in [9.17, 15) is 4.79 Å². The summed E-state index contributed by atoms with van der Waals surface area (Å²) in [7, 11) is 1.77. The molecule has 0 saturated carbocycles. The number of hydrogen-bond acceptors (Lipinski definition) is 4. The third-order valence-corrected chi connectivity index (χ3v) is 2.26. The molecule has 1 aromatic rings. The van der Waals surface area contributed by atoms with Gasteiger partial charge < -0.3 is 5.73 Å². The number of ketones is 1. The molecule has 0 spiro atoms. The molecule has 0 amide bonds. The average molecular weight is 196 g/mol. The number of Topliss-reactive ketones (excluding diaryl/α,β-unsaturated/α-hetero) is 1. The lowest BCUT2D eigenvalue weighted by Gasteiger charge is -2.19. The van der Waals surface area contributed by atoms with Crippen LogP contribution < -0.4 is 5.73 Å². The monoisotopic (exact) mass is 196 g/mol. The van der Waals surface area contributed by atoms with Crippen LogP contribution in [0.2, 0.25) is 0 Å². The van der Waals surface area contributed by atoms with Crippen molar-refractivity contribution in [2.75, 3.05) is 6.54 Å². The normalized spacial score (nSPS) is 11.7. The van der Waals surface area contributed by atoms with E-state index >= 15 is 0 Å². The van der Waals surface area contributed by atoms with Gasteiger partial charge in [0, 0.05) is 25.2 Å². The maximum Gasteiger partial charge on any atom is 0.145 e. The quantitative estimate of drug-likeness (QED) is 0.730. The molecule has 0 fully saturated rings. The van der Waals surface area contributed by atoms with Gasteiger partial charge in [-0.15, -0.1) is 5.10 Å². The van der Waals surface area contributed by atoms with E-state index < -0.39 is 5.41 Å². The molecule has 0 aliphatic heterocycles. The molecular weight excluding hydrogens is 180 g/mol. The largest absolute Gasteiger partial charge is 0.329 e. The number of carbonyl (C=O) groups is 1. The molecule has 1 aromatic heterocycles. The molecule has 0 saturated heterocycles. The van der Waals surface area contributed by atoms with Gasteiger partial charge in [0.15, 0.2) is 0 Å². The minimum atomic E-state index is -0.475. The van der Waals surface area contributed by atoms with Crippen molar-refractivity contribution in [1.29, 1.82) is 0 Å². The van der Waals surface area contributed by atoms with Crippen molar-refractivity contribution >= 4 is 5.78 Å². The molecule has 78 valence electrons. The SMILES string of the molecule is Cn1cc(CC(=O)C(C)(C)CN)nn1. The smallest absolute Gasteiger partial charge is 0.145 e. The Hall–Kier alpha value is -1.23. The average Bonchev–Trinajstić information content (AvgIpc) is 2.51. The zero-order valence-corrected chi connectivity index (χ0v) is 8.82. The third-order valence-electron chi connectivity index (χ3n) is 2.26. The van der Waals surface area contributed by atoms with Crippen LogP contribution in [0, 0.1) is 5.41 Å². The molecule has 1 heterocycles. The Morgan fingerprint density at radius 3 is 2.71 bits per heavy atom. The lowest BCUT2D eigenvalue weighted by molar-refractivity contribution is -0.126. The van der Waals surface area contributed by atoms with Crippen LogP contribution in [0.25, 0.3) is 0 Å². The minimum absolute atomic E-state index is 0.0977. The summed E-state index contributed by atoms with van der Waals surface area (Å²) >= 11 is 0. The first-order valence-corrected chi connectivity index (χ1v) is 4.54. The third kappa shape index (κ3) is 2.38. The standard InChI is InChI=1S/C9H16N4O/c1-9(2,6-10)8(14)4-7-5-13(3)12-11-7/h5H,4,6,10H2,1-3H3. The second-order valence-electron chi connectivity index (χ2n) is 4.07. The van der Waals surface area contributed by atoms with Gasteiger partial charge in [0.2, 0.25) is 0 Å². The van der Waals surface area contributed by atoms with Crippen LogP contribution in [-0.4, -0.2) is 27.3 Å². The van der Waals surface area contributed by atoms with Gasteiger partial charge in [-0.2, -0.15) is 0 Å². The van der Waals surface area contributed by atoms with Crippen LogP contribution in [0.1, 0.15) is 19.5 Å². The zero-order valence-electron chi connectivity index (χ0n) is 8.82. The molecule has 5 nitrogen and oxygen atoms in total. The van der Waals surface area contributed by atoms with E-state index in [1.54, 1.807) is 17.9 Å². The summed E-state index contributed by atoms with van der Waals surface area (Å²) in [5.41, 5.74) is 5.72. The lowest BCUT2D eigenvalue weighted by Crippen LogP contribution is -2.33. The Kier molecular flexibility index (Phi) is 3.00. The molecule has 0 atom stereocenters. The fourth-order valence-electron chi connectivity index (χ4n) is 0.994. The molecule has 1 rings (SSSR count). The minimum Gasteiger partial charge on any atom is -0.329 e. The van der Waals surface area contributed by atoms with Crippen molar-refractivity contribution in [2.45, 2.75) is 20.3 Å². The maximum absolute atomic E-state index is 11.7. The van der Waals surface area contributed by atoms with Crippen LogP contribution in [0.5, 0.6) is 0 Å². The number of rotatable bonds is 4. The Labute approximate surface area is 83.3 Å². The Morgan fingerprint density at radius 2 is 2.29 bits per heavy atom. The summed E-state index contributed by atoms with van der Waals surface area (Å²) < 4.78 is 1.58. The van der Waals surface area contributed by atoms with E-state index in [1.807, 2.05) is 13.8 Å². The fourth-order valence-corrected chi connectivity index (χ4v) is 0.994. The number of nitrogens with two attached hydrogens (primary N) is 1. The summed E-state index contributed by atoms with van der Waals surface area (Å²) in [6, 6.07) is 0. The van der Waals surface area contributed by atoms with Crippen molar-refractivity contribution in [2.24, 2.45) is 18.2 Å². The lowest BCUT2D eigenvalue weighted by atomic mass is 9.86. The molecule has 5 heteroatoms. The summed E-state index contributed by atoms with van der Waals surface area (Å²) in [5.74, 6) is 0.0977. The molecule has 0 aliphatic carbocycles. The number of nitrogens with zero attached hydrogens (tertiary/aromatic N) is 3. The highest BCUT2D eigenvalue weighted by Gasteiger charge is 2.26. The highest BCUT2D eigenvalue weighted by atomic mass is 16.1. The molecular formula is C9H16N4O. The zero-order chi connectivity index (χ0) is 10.8.